The Labute approximate surface area is 213 Å². The maximum absolute atomic E-state index is 10.4. The average Bonchev–Trinajstić information content (AvgIpc) is 2.87. The summed E-state index contributed by atoms with van der Waals surface area (Å²) in [6.45, 7) is -4.74. The number of nitrogens with one attached hydrogen (secondary N) is 1. The highest BCUT2D eigenvalue weighted by Crippen LogP contribution is 2.40. The maximum Gasteiger partial charge on any atom is 0.161 e. The molecule has 7 heteroatoms. The van der Waals surface area contributed by atoms with Crippen LogP contribution in [0.1, 0.15) is 45.9 Å². The van der Waals surface area contributed by atoms with Gasteiger partial charge in [0, 0.05) is 8.22 Å². The molecule has 6 nitrogen and oxygen atoms in total. The monoisotopic (exact) mass is 482 g/mol. The molecule has 0 saturated heterocycles. The molecule has 0 aliphatic rings. The van der Waals surface area contributed by atoms with E-state index in [1.807, 2.05) is 18.2 Å². The highest BCUT2D eigenvalue weighted by molar-refractivity contribution is 5.85. The summed E-state index contributed by atoms with van der Waals surface area (Å²) in [6, 6.07) is 12.4. The molecule has 0 radical (unpaired) electrons. The van der Waals surface area contributed by atoms with Crippen molar-refractivity contribution in [1.29, 1.82) is 5.26 Å². The van der Waals surface area contributed by atoms with E-state index in [9.17, 15) is 5.26 Å². The van der Waals surface area contributed by atoms with Gasteiger partial charge in [-0.25, -0.2) is 0 Å². The molecule has 1 N–H and O–H groups in total. The van der Waals surface area contributed by atoms with Crippen LogP contribution < -0.4 is 24.3 Å². The van der Waals surface area contributed by atoms with E-state index in [0.717, 1.165) is 5.56 Å². The summed E-state index contributed by atoms with van der Waals surface area (Å²) in [4.78, 5) is 0. The largest absolute Gasteiger partial charge is 0.493 e. The highest BCUT2D eigenvalue weighted by atomic mass is 35.5. The third-order valence-electron chi connectivity index (χ3n) is 5.55. The normalized spacial score (nSPS) is 15.8. The fourth-order valence-electron chi connectivity index (χ4n) is 3.64. The Bertz CT molecular complexity index is 1090. The van der Waals surface area contributed by atoms with Crippen LogP contribution >= 0.6 is 12.4 Å². The van der Waals surface area contributed by atoms with Gasteiger partial charge in [0.15, 0.2) is 23.0 Å². The molecule has 182 valence electrons. The van der Waals surface area contributed by atoms with E-state index >= 15 is 0 Å². The SMILES string of the molecule is Cl.[2H]C([2H])([2H])C(C([2H])([2H])[2H])C(C#N)(CCCNCCc1ccc(OC)c(OC)c1)c1ccc(OC)c(OC)c1. The highest BCUT2D eigenvalue weighted by Gasteiger charge is 2.36. The molecule has 2 rings (SSSR count). The van der Waals surface area contributed by atoms with Crippen LogP contribution in [0.2, 0.25) is 0 Å². The quantitative estimate of drug-likeness (QED) is 0.397. The van der Waals surface area contributed by atoms with Crippen molar-refractivity contribution in [2.45, 2.75) is 38.4 Å². The predicted molar refractivity (Wildman–Crippen MR) is 134 cm³/mol. The van der Waals surface area contributed by atoms with Gasteiger partial charge in [-0.15, -0.1) is 12.4 Å². The number of hydrogen-bond donors (Lipinski definition) is 1. The van der Waals surface area contributed by atoms with Crippen molar-refractivity contribution >= 4 is 12.4 Å². The molecule has 0 fully saturated rings. The lowest BCUT2D eigenvalue weighted by atomic mass is 9.70. The van der Waals surface area contributed by atoms with Crippen molar-refractivity contribution in [3.63, 3.8) is 0 Å². The Balaban J connectivity index is 0.00000760. The first-order valence-electron chi connectivity index (χ1n) is 13.4. The smallest absolute Gasteiger partial charge is 0.161 e. The fourth-order valence-corrected chi connectivity index (χ4v) is 3.64. The van der Waals surface area contributed by atoms with E-state index in [1.165, 1.54) is 20.3 Å². The number of rotatable bonds is 13. The topological polar surface area (TPSA) is 72.7 Å². The second-order valence-corrected chi connectivity index (χ2v) is 7.38. The van der Waals surface area contributed by atoms with Crippen LogP contribution in [0.15, 0.2) is 36.4 Å². The number of benzene rings is 2. The van der Waals surface area contributed by atoms with Crippen LogP contribution in [0, 0.1) is 17.2 Å². The summed E-state index contributed by atoms with van der Waals surface area (Å²) in [5.74, 6) is 0.0495. The number of hydrogen-bond acceptors (Lipinski definition) is 6. The molecule has 0 aliphatic carbocycles. The zero-order chi connectivity index (χ0) is 28.6. The van der Waals surface area contributed by atoms with E-state index < -0.39 is 25.0 Å². The standard InChI is InChI=1S/C26H36N2O4.ClH/c1-19(2)26(18-27,21-9-11-23(30-4)25(17-21)32-6)13-7-14-28-15-12-20-8-10-22(29-3)24(16-20)31-5;/h8-11,16-17,19,28H,7,12-15H2,1-6H3;1H/i1D3,2D3;. The maximum atomic E-state index is 10.4. The van der Waals surface area contributed by atoms with Crippen molar-refractivity contribution in [3.05, 3.63) is 47.5 Å². The summed E-state index contributed by atoms with van der Waals surface area (Å²) in [5, 5.41) is 13.7. The van der Waals surface area contributed by atoms with E-state index in [2.05, 4.69) is 11.4 Å². The van der Waals surface area contributed by atoms with E-state index in [0.29, 0.717) is 43.2 Å². The molecule has 0 saturated carbocycles. The average molecular weight is 483 g/mol. The zero-order valence-electron chi connectivity index (χ0n) is 25.6. The van der Waals surface area contributed by atoms with Gasteiger partial charge >= 0.3 is 0 Å². The second kappa shape index (κ2) is 13.8. The molecule has 0 amide bonds. The zero-order valence-corrected chi connectivity index (χ0v) is 20.4. The Morgan fingerprint density at radius 3 is 2.09 bits per heavy atom. The van der Waals surface area contributed by atoms with Crippen LogP contribution in [0.4, 0.5) is 0 Å². The summed E-state index contributed by atoms with van der Waals surface area (Å²) in [5.41, 5.74) is -0.516. The fraction of sp³-hybridized carbons (Fsp3) is 0.500. The first kappa shape index (κ1) is 19.8. The van der Waals surface area contributed by atoms with Gasteiger partial charge in [-0.2, -0.15) is 5.26 Å². The Hall–Kier alpha value is -2.62. The minimum atomic E-state index is -2.91. The van der Waals surface area contributed by atoms with Crippen molar-refractivity contribution in [2.75, 3.05) is 41.5 Å². The summed E-state index contributed by atoms with van der Waals surface area (Å²) in [7, 11) is 6.02. The Kier molecular flexibility index (Phi) is 8.30. The van der Waals surface area contributed by atoms with Gasteiger partial charge < -0.3 is 24.3 Å². The van der Waals surface area contributed by atoms with Crippen LogP contribution in [0.5, 0.6) is 23.0 Å². The second-order valence-electron chi connectivity index (χ2n) is 7.38. The van der Waals surface area contributed by atoms with E-state index in [-0.39, 0.29) is 30.1 Å². The summed E-state index contributed by atoms with van der Waals surface area (Å²) >= 11 is 0. The van der Waals surface area contributed by atoms with Crippen LogP contribution in [0.25, 0.3) is 0 Å². The van der Waals surface area contributed by atoms with Crippen molar-refractivity contribution < 1.29 is 27.2 Å². The number of methoxy groups -OCH3 is 4. The van der Waals surface area contributed by atoms with Crippen molar-refractivity contribution in [2.24, 2.45) is 5.92 Å². The minimum absolute atomic E-state index is 0. The van der Waals surface area contributed by atoms with E-state index in [1.54, 1.807) is 26.4 Å². The Morgan fingerprint density at radius 1 is 0.909 bits per heavy atom. The van der Waals surface area contributed by atoms with Gasteiger partial charge in [0.2, 0.25) is 0 Å². The van der Waals surface area contributed by atoms with Gasteiger partial charge in [0.25, 0.3) is 0 Å². The molecule has 1 unspecified atom stereocenters. The predicted octanol–water partition coefficient (Wildman–Crippen LogP) is 5.17. The lowest BCUT2D eigenvalue weighted by Crippen LogP contribution is -2.32. The number of nitrogens with zero attached hydrogens (tertiary/aromatic N) is 1. The van der Waals surface area contributed by atoms with Gasteiger partial charge in [-0.1, -0.05) is 25.8 Å². The van der Waals surface area contributed by atoms with Crippen molar-refractivity contribution in [3.8, 4) is 29.1 Å². The molecule has 33 heavy (non-hydrogen) atoms. The number of nitriles is 1. The Morgan fingerprint density at radius 2 is 1.52 bits per heavy atom. The van der Waals surface area contributed by atoms with Gasteiger partial charge in [0.1, 0.15) is 0 Å². The van der Waals surface area contributed by atoms with Crippen LogP contribution in [-0.4, -0.2) is 41.5 Å². The number of ether oxygens (including phenoxy) is 4. The molecule has 0 bridgehead atoms. The minimum Gasteiger partial charge on any atom is -0.493 e. The number of halogens is 1. The lowest BCUT2D eigenvalue weighted by molar-refractivity contribution is 0.341. The van der Waals surface area contributed by atoms with Crippen LogP contribution in [-0.2, 0) is 11.8 Å². The first-order valence-corrected chi connectivity index (χ1v) is 10.4. The third-order valence-corrected chi connectivity index (χ3v) is 5.55. The lowest BCUT2D eigenvalue weighted by Gasteiger charge is -2.32. The summed E-state index contributed by atoms with van der Waals surface area (Å²) < 4.78 is 69.6. The third kappa shape index (κ3) is 6.93. The molecule has 2 aromatic carbocycles. The van der Waals surface area contributed by atoms with Gasteiger partial charge in [0.05, 0.1) is 39.9 Å². The van der Waals surface area contributed by atoms with Gasteiger partial charge in [-0.05, 0) is 73.7 Å². The van der Waals surface area contributed by atoms with Crippen LogP contribution in [0.3, 0.4) is 0 Å². The molecule has 0 aromatic heterocycles. The molecular formula is C26H37ClN2O4. The first-order chi connectivity index (χ1) is 17.9. The molecule has 1 atom stereocenters. The van der Waals surface area contributed by atoms with Crippen molar-refractivity contribution in [1.82, 2.24) is 5.32 Å². The van der Waals surface area contributed by atoms with Gasteiger partial charge in [-0.3, -0.25) is 0 Å². The molecular weight excluding hydrogens is 440 g/mol. The molecule has 0 heterocycles. The molecule has 2 aromatic rings. The van der Waals surface area contributed by atoms with E-state index in [4.69, 9.17) is 27.2 Å². The molecule has 0 aliphatic heterocycles. The summed E-state index contributed by atoms with van der Waals surface area (Å²) in [6.07, 6.45) is 1.09. The molecule has 0 spiro atoms.